The molecule has 8 heteroatoms. The van der Waals surface area contributed by atoms with Crippen LogP contribution in [0.5, 0.6) is 0 Å². The number of nitrogens with one attached hydrogen (secondary N) is 1. The second-order valence-corrected chi connectivity index (χ2v) is 5.43. The van der Waals surface area contributed by atoms with Crippen molar-refractivity contribution in [3.63, 3.8) is 0 Å². The van der Waals surface area contributed by atoms with Crippen LogP contribution >= 0.6 is 24.8 Å². The van der Waals surface area contributed by atoms with Crippen LogP contribution in [0, 0.1) is 0 Å². The summed E-state index contributed by atoms with van der Waals surface area (Å²) >= 11 is 0. The number of morpholine rings is 1. The summed E-state index contributed by atoms with van der Waals surface area (Å²) in [6.45, 7) is 3.64. The Hall–Kier alpha value is -2.02. The first-order valence-corrected chi connectivity index (χ1v) is 7.64. The van der Waals surface area contributed by atoms with Crippen molar-refractivity contribution >= 4 is 42.2 Å². The van der Waals surface area contributed by atoms with Crippen molar-refractivity contribution in [2.75, 3.05) is 36.9 Å². The first-order valence-electron chi connectivity index (χ1n) is 7.64. The molecule has 3 N–H and O–H groups in total. The summed E-state index contributed by atoms with van der Waals surface area (Å²) in [7, 11) is 0. The molecule has 1 aromatic carbocycles. The van der Waals surface area contributed by atoms with Crippen molar-refractivity contribution in [1.82, 2.24) is 10.3 Å². The van der Waals surface area contributed by atoms with Crippen LogP contribution in [0.3, 0.4) is 0 Å². The van der Waals surface area contributed by atoms with Gasteiger partial charge in [0.05, 0.1) is 13.2 Å². The van der Waals surface area contributed by atoms with Crippen LogP contribution in [0.25, 0.3) is 0 Å². The van der Waals surface area contributed by atoms with Crippen molar-refractivity contribution < 1.29 is 9.53 Å². The van der Waals surface area contributed by atoms with Gasteiger partial charge in [-0.2, -0.15) is 0 Å². The number of nitrogens with zero attached hydrogens (tertiary/aromatic N) is 2. The summed E-state index contributed by atoms with van der Waals surface area (Å²) in [6.07, 6.45) is 1.80. The van der Waals surface area contributed by atoms with Crippen molar-refractivity contribution in [2.45, 2.75) is 6.54 Å². The van der Waals surface area contributed by atoms with Crippen molar-refractivity contribution in [3.05, 3.63) is 53.7 Å². The van der Waals surface area contributed by atoms with Gasteiger partial charge in [0.15, 0.2) is 0 Å². The van der Waals surface area contributed by atoms with Gasteiger partial charge in [-0.1, -0.05) is 6.07 Å². The molecule has 1 aliphatic rings. The lowest BCUT2D eigenvalue weighted by Gasteiger charge is -2.27. The molecule has 1 aliphatic heterocycles. The predicted molar refractivity (Wildman–Crippen MR) is 104 cm³/mol. The lowest BCUT2D eigenvalue weighted by molar-refractivity contribution is 0.0951. The monoisotopic (exact) mass is 384 g/mol. The summed E-state index contributed by atoms with van der Waals surface area (Å²) in [5.41, 5.74) is 7.82. The normalized spacial score (nSPS) is 13.4. The van der Waals surface area contributed by atoms with E-state index in [0.29, 0.717) is 17.8 Å². The number of halogens is 2. The Balaban J connectivity index is 0.00000156. The molecule has 0 radical (unpaired) electrons. The molecule has 1 saturated heterocycles. The molecule has 1 fully saturated rings. The first kappa shape index (κ1) is 21.0. The topological polar surface area (TPSA) is 80.5 Å². The Kier molecular flexibility index (Phi) is 8.48. The van der Waals surface area contributed by atoms with Crippen LogP contribution in [0.2, 0.25) is 0 Å². The average Bonchev–Trinajstić information content (AvgIpc) is 2.61. The van der Waals surface area contributed by atoms with Crippen molar-refractivity contribution in [2.24, 2.45) is 0 Å². The van der Waals surface area contributed by atoms with Crippen LogP contribution in [0.1, 0.15) is 15.9 Å². The Morgan fingerprint density at radius 1 is 1.12 bits per heavy atom. The van der Waals surface area contributed by atoms with Gasteiger partial charge in [-0.25, -0.2) is 4.98 Å². The smallest absolute Gasteiger partial charge is 0.251 e. The number of rotatable bonds is 4. The summed E-state index contributed by atoms with van der Waals surface area (Å²) < 4.78 is 5.33. The molecule has 1 amide bonds. The van der Waals surface area contributed by atoms with Gasteiger partial charge >= 0.3 is 0 Å². The highest BCUT2D eigenvalue weighted by Crippen LogP contribution is 2.13. The zero-order valence-corrected chi connectivity index (χ0v) is 15.3. The third kappa shape index (κ3) is 5.77. The number of nitrogen functional groups attached to an aromatic ring is 1. The molecule has 0 bridgehead atoms. The molecular weight excluding hydrogens is 363 g/mol. The first-order chi connectivity index (χ1) is 11.2. The lowest BCUT2D eigenvalue weighted by atomic mass is 10.2. The molecule has 0 spiro atoms. The zero-order chi connectivity index (χ0) is 16.1. The Labute approximate surface area is 159 Å². The van der Waals surface area contributed by atoms with E-state index in [1.807, 2.05) is 12.1 Å². The van der Waals surface area contributed by atoms with Crippen LogP contribution in [0.4, 0.5) is 11.5 Å². The molecular formula is C17H22Cl2N4O2. The maximum atomic E-state index is 12.0. The Morgan fingerprint density at radius 2 is 1.80 bits per heavy atom. The van der Waals surface area contributed by atoms with Crippen LogP contribution < -0.4 is 16.0 Å². The van der Waals surface area contributed by atoms with E-state index in [2.05, 4.69) is 15.2 Å². The van der Waals surface area contributed by atoms with Gasteiger partial charge in [0, 0.05) is 37.1 Å². The molecule has 0 aliphatic carbocycles. The van der Waals surface area contributed by atoms with Crippen LogP contribution in [-0.2, 0) is 11.3 Å². The number of benzene rings is 1. The third-order valence-corrected chi connectivity index (χ3v) is 3.77. The van der Waals surface area contributed by atoms with E-state index in [4.69, 9.17) is 10.5 Å². The summed E-state index contributed by atoms with van der Waals surface area (Å²) in [4.78, 5) is 18.7. The van der Waals surface area contributed by atoms with E-state index >= 15 is 0 Å². The highest BCUT2D eigenvalue weighted by atomic mass is 35.5. The quantitative estimate of drug-likeness (QED) is 0.790. The number of ether oxygens (including phenoxy) is 1. The highest BCUT2D eigenvalue weighted by molar-refractivity contribution is 5.94. The SMILES string of the molecule is Cl.Cl.Nc1ccc(C(=O)NCc2ccc(N3CCOCC3)nc2)cc1. The summed E-state index contributed by atoms with van der Waals surface area (Å²) in [5, 5.41) is 2.88. The molecule has 6 nitrogen and oxygen atoms in total. The number of amides is 1. The van der Waals surface area contributed by atoms with Gasteiger partial charge in [0.2, 0.25) is 0 Å². The van der Waals surface area contributed by atoms with Gasteiger partial charge in [-0.05, 0) is 35.9 Å². The summed E-state index contributed by atoms with van der Waals surface area (Å²) in [6, 6.07) is 10.8. The molecule has 1 aromatic heterocycles. The Morgan fingerprint density at radius 3 is 2.40 bits per heavy atom. The minimum Gasteiger partial charge on any atom is -0.399 e. The molecule has 25 heavy (non-hydrogen) atoms. The molecule has 0 unspecified atom stereocenters. The van der Waals surface area contributed by atoms with E-state index in [0.717, 1.165) is 37.7 Å². The Bertz CT molecular complexity index is 659. The standard InChI is InChI=1S/C17H20N4O2.2ClH/c18-15-4-2-14(3-5-15)17(22)20-12-13-1-6-16(19-11-13)21-7-9-23-10-8-21;;/h1-6,11H,7-10,12,18H2,(H,20,22);2*1H. The van der Waals surface area contributed by atoms with Gasteiger partial charge in [-0.3, -0.25) is 4.79 Å². The molecule has 136 valence electrons. The number of carbonyl (C=O) groups excluding carboxylic acids is 1. The van der Waals surface area contributed by atoms with E-state index in [-0.39, 0.29) is 30.7 Å². The van der Waals surface area contributed by atoms with E-state index in [1.54, 1.807) is 30.5 Å². The van der Waals surface area contributed by atoms with E-state index in [1.165, 1.54) is 0 Å². The van der Waals surface area contributed by atoms with E-state index in [9.17, 15) is 4.79 Å². The molecule has 3 rings (SSSR count). The largest absolute Gasteiger partial charge is 0.399 e. The minimum atomic E-state index is -0.123. The maximum absolute atomic E-state index is 12.0. The predicted octanol–water partition coefficient (Wildman–Crippen LogP) is 2.27. The maximum Gasteiger partial charge on any atom is 0.251 e. The molecule has 0 atom stereocenters. The fraction of sp³-hybridized carbons (Fsp3) is 0.294. The van der Waals surface area contributed by atoms with Gasteiger partial charge in [0.25, 0.3) is 5.91 Å². The second-order valence-electron chi connectivity index (χ2n) is 5.43. The number of hydrogen-bond acceptors (Lipinski definition) is 5. The number of nitrogens with two attached hydrogens (primary N) is 1. The summed E-state index contributed by atoms with van der Waals surface area (Å²) in [5.74, 6) is 0.823. The van der Waals surface area contributed by atoms with Crippen molar-refractivity contribution in [3.8, 4) is 0 Å². The second kappa shape index (κ2) is 10.1. The van der Waals surface area contributed by atoms with Crippen molar-refractivity contribution in [1.29, 1.82) is 0 Å². The average molecular weight is 385 g/mol. The highest BCUT2D eigenvalue weighted by Gasteiger charge is 2.12. The number of aromatic nitrogens is 1. The van der Waals surface area contributed by atoms with Gasteiger partial charge < -0.3 is 20.7 Å². The van der Waals surface area contributed by atoms with Crippen LogP contribution in [-0.4, -0.2) is 37.2 Å². The third-order valence-electron chi connectivity index (χ3n) is 3.77. The number of carbonyl (C=O) groups is 1. The lowest BCUT2D eigenvalue weighted by Crippen LogP contribution is -2.36. The van der Waals surface area contributed by atoms with Crippen LogP contribution in [0.15, 0.2) is 42.6 Å². The molecule has 2 aromatic rings. The minimum absolute atomic E-state index is 0. The molecule has 2 heterocycles. The fourth-order valence-electron chi connectivity index (χ4n) is 2.42. The van der Waals surface area contributed by atoms with E-state index < -0.39 is 0 Å². The van der Waals surface area contributed by atoms with Gasteiger partial charge in [-0.15, -0.1) is 24.8 Å². The number of anilines is 2. The fourth-order valence-corrected chi connectivity index (χ4v) is 2.42. The zero-order valence-electron chi connectivity index (χ0n) is 13.7. The number of hydrogen-bond donors (Lipinski definition) is 2. The molecule has 0 saturated carbocycles. The van der Waals surface area contributed by atoms with Gasteiger partial charge in [0.1, 0.15) is 5.82 Å². The number of pyridine rings is 1.